The zero-order valence-electron chi connectivity index (χ0n) is 14.4. The van der Waals surface area contributed by atoms with Crippen LogP contribution < -0.4 is 0 Å². The topological polar surface area (TPSA) is 20.2 Å². The molecule has 1 N–H and O–H groups in total. The Kier molecular flexibility index (Phi) is 9.21. The standard InChI is InChI=1S/C20H34O/c1-4-5-6-7-8-9-10-11-12-13-14-19-15-16-20(21)18(3)17(19)2/h15-16,21H,4-14H2,1-3H3. The predicted molar refractivity (Wildman–Crippen MR) is 93.1 cm³/mol. The molecule has 1 heteroatoms. The Morgan fingerprint density at radius 1 is 0.714 bits per heavy atom. The highest BCUT2D eigenvalue weighted by Gasteiger charge is 2.04. The van der Waals surface area contributed by atoms with E-state index in [1.807, 2.05) is 13.0 Å². The van der Waals surface area contributed by atoms with Crippen LogP contribution in [-0.2, 0) is 6.42 Å². The number of benzene rings is 1. The maximum Gasteiger partial charge on any atom is 0.118 e. The average molecular weight is 290 g/mol. The molecule has 1 nitrogen and oxygen atoms in total. The van der Waals surface area contributed by atoms with Gasteiger partial charge in [-0.15, -0.1) is 0 Å². The average Bonchev–Trinajstić information content (AvgIpc) is 2.49. The Labute approximate surface area is 131 Å². The van der Waals surface area contributed by atoms with Gasteiger partial charge in [0.1, 0.15) is 5.75 Å². The Balaban J connectivity index is 2.06. The molecule has 0 aliphatic carbocycles. The van der Waals surface area contributed by atoms with Crippen molar-refractivity contribution < 1.29 is 5.11 Å². The lowest BCUT2D eigenvalue weighted by Crippen LogP contribution is -1.93. The maximum atomic E-state index is 9.67. The molecule has 1 aromatic rings. The minimum absolute atomic E-state index is 0.430. The first-order valence-electron chi connectivity index (χ1n) is 8.94. The highest BCUT2D eigenvalue weighted by molar-refractivity contribution is 5.42. The second-order valence-corrected chi connectivity index (χ2v) is 6.43. The summed E-state index contributed by atoms with van der Waals surface area (Å²) in [5, 5.41) is 9.67. The number of phenolic OH excluding ortho intramolecular Hbond substituents is 1. The molecule has 0 radical (unpaired) electrons. The molecular weight excluding hydrogens is 256 g/mol. The van der Waals surface area contributed by atoms with Crippen LogP contribution >= 0.6 is 0 Å². The smallest absolute Gasteiger partial charge is 0.118 e. The molecule has 0 fully saturated rings. The number of rotatable bonds is 11. The third kappa shape index (κ3) is 7.02. The summed E-state index contributed by atoms with van der Waals surface area (Å²) in [6.07, 6.45) is 15.0. The lowest BCUT2D eigenvalue weighted by atomic mass is 9.97. The Bertz CT molecular complexity index is 395. The van der Waals surface area contributed by atoms with E-state index in [1.54, 1.807) is 0 Å². The van der Waals surface area contributed by atoms with Crippen LogP contribution in [0.15, 0.2) is 12.1 Å². The van der Waals surface area contributed by atoms with E-state index < -0.39 is 0 Å². The number of phenols is 1. The van der Waals surface area contributed by atoms with E-state index in [0.29, 0.717) is 5.75 Å². The van der Waals surface area contributed by atoms with E-state index >= 15 is 0 Å². The number of aromatic hydroxyl groups is 1. The van der Waals surface area contributed by atoms with Gasteiger partial charge < -0.3 is 5.11 Å². The fourth-order valence-electron chi connectivity index (χ4n) is 2.94. The van der Waals surface area contributed by atoms with Crippen LogP contribution in [0.5, 0.6) is 5.75 Å². The summed E-state index contributed by atoms with van der Waals surface area (Å²) in [7, 11) is 0. The molecule has 0 aliphatic heterocycles. The van der Waals surface area contributed by atoms with Crippen LogP contribution in [0, 0.1) is 13.8 Å². The minimum atomic E-state index is 0.430. The summed E-state index contributed by atoms with van der Waals surface area (Å²) < 4.78 is 0. The summed E-state index contributed by atoms with van der Waals surface area (Å²) >= 11 is 0. The molecule has 0 bridgehead atoms. The highest BCUT2D eigenvalue weighted by atomic mass is 16.3. The molecule has 0 saturated carbocycles. The largest absolute Gasteiger partial charge is 0.508 e. The van der Waals surface area contributed by atoms with Crippen LogP contribution in [0.25, 0.3) is 0 Å². The molecule has 0 amide bonds. The van der Waals surface area contributed by atoms with E-state index in [1.165, 1.54) is 75.3 Å². The zero-order valence-corrected chi connectivity index (χ0v) is 14.4. The second-order valence-electron chi connectivity index (χ2n) is 6.43. The summed E-state index contributed by atoms with van der Waals surface area (Å²) in [5.74, 6) is 0.430. The molecule has 0 spiro atoms. The number of aryl methyl sites for hydroxylation is 1. The van der Waals surface area contributed by atoms with Crippen molar-refractivity contribution in [2.24, 2.45) is 0 Å². The summed E-state index contributed by atoms with van der Waals surface area (Å²) in [4.78, 5) is 0. The van der Waals surface area contributed by atoms with Crippen molar-refractivity contribution in [2.45, 2.75) is 91.4 Å². The van der Waals surface area contributed by atoms with Gasteiger partial charge in [0.05, 0.1) is 0 Å². The van der Waals surface area contributed by atoms with Gasteiger partial charge in [0.25, 0.3) is 0 Å². The van der Waals surface area contributed by atoms with Gasteiger partial charge in [-0.2, -0.15) is 0 Å². The number of hydrogen-bond donors (Lipinski definition) is 1. The van der Waals surface area contributed by atoms with E-state index in [4.69, 9.17) is 0 Å². The van der Waals surface area contributed by atoms with Gasteiger partial charge in [0.2, 0.25) is 0 Å². The number of unbranched alkanes of at least 4 members (excludes halogenated alkanes) is 9. The van der Waals surface area contributed by atoms with Crippen molar-refractivity contribution in [3.8, 4) is 5.75 Å². The summed E-state index contributed by atoms with van der Waals surface area (Å²) in [6.45, 7) is 6.41. The van der Waals surface area contributed by atoms with Crippen molar-refractivity contribution in [3.05, 3.63) is 28.8 Å². The molecule has 1 rings (SSSR count). The van der Waals surface area contributed by atoms with E-state index in [9.17, 15) is 5.11 Å². The van der Waals surface area contributed by atoms with Crippen molar-refractivity contribution in [3.63, 3.8) is 0 Å². The zero-order chi connectivity index (χ0) is 15.5. The lowest BCUT2D eigenvalue weighted by Gasteiger charge is -2.10. The normalized spacial score (nSPS) is 11.0. The first-order valence-corrected chi connectivity index (χ1v) is 8.94. The molecule has 0 heterocycles. The van der Waals surface area contributed by atoms with E-state index in [2.05, 4.69) is 19.9 Å². The molecule has 21 heavy (non-hydrogen) atoms. The van der Waals surface area contributed by atoms with Crippen molar-refractivity contribution in [1.29, 1.82) is 0 Å². The molecule has 0 aromatic heterocycles. The molecule has 1 aromatic carbocycles. The number of hydrogen-bond acceptors (Lipinski definition) is 1. The van der Waals surface area contributed by atoms with Gasteiger partial charge in [-0.3, -0.25) is 0 Å². The molecule has 0 atom stereocenters. The quantitative estimate of drug-likeness (QED) is 0.463. The molecule has 0 unspecified atom stereocenters. The third-order valence-corrected chi connectivity index (χ3v) is 4.67. The van der Waals surface area contributed by atoms with Gasteiger partial charge in [-0.1, -0.05) is 70.8 Å². The van der Waals surface area contributed by atoms with Crippen LogP contribution in [0.3, 0.4) is 0 Å². The predicted octanol–water partition coefficient (Wildman–Crippen LogP) is 6.47. The SMILES string of the molecule is CCCCCCCCCCCCc1ccc(O)c(C)c1C. The fraction of sp³-hybridized carbons (Fsp3) is 0.700. The molecule has 0 saturated heterocycles. The first-order chi connectivity index (χ1) is 10.2. The van der Waals surface area contributed by atoms with Crippen molar-refractivity contribution in [1.82, 2.24) is 0 Å². The van der Waals surface area contributed by atoms with Crippen molar-refractivity contribution >= 4 is 0 Å². The molecular formula is C20H34O. The van der Waals surface area contributed by atoms with Crippen LogP contribution in [0.2, 0.25) is 0 Å². The Morgan fingerprint density at radius 3 is 1.81 bits per heavy atom. The van der Waals surface area contributed by atoms with E-state index in [-0.39, 0.29) is 0 Å². The highest BCUT2D eigenvalue weighted by Crippen LogP contribution is 2.24. The first kappa shape index (κ1) is 18.1. The summed E-state index contributed by atoms with van der Waals surface area (Å²) in [5.41, 5.74) is 3.72. The minimum Gasteiger partial charge on any atom is -0.508 e. The van der Waals surface area contributed by atoms with Crippen LogP contribution in [0.1, 0.15) is 87.8 Å². The summed E-state index contributed by atoms with van der Waals surface area (Å²) in [6, 6.07) is 3.93. The van der Waals surface area contributed by atoms with Gasteiger partial charge in [-0.05, 0) is 49.4 Å². The van der Waals surface area contributed by atoms with Crippen molar-refractivity contribution in [2.75, 3.05) is 0 Å². The maximum absolute atomic E-state index is 9.67. The van der Waals surface area contributed by atoms with Gasteiger partial charge >= 0.3 is 0 Å². The molecule has 120 valence electrons. The van der Waals surface area contributed by atoms with Gasteiger partial charge in [0.15, 0.2) is 0 Å². The lowest BCUT2D eigenvalue weighted by molar-refractivity contribution is 0.470. The van der Waals surface area contributed by atoms with Crippen LogP contribution in [0.4, 0.5) is 0 Å². The van der Waals surface area contributed by atoms with Crippen LogP contribution in [-0.4, -0.2) is 5.11 Å². The third-order valence-electron chi connectivity index (χ3n) is 4.67. The Hall–Kier alpha value is -0.980. The second kappa shape index (κ2) is 10.7. The monoisotopic (exact) mass is 290 g/mol. The fourth-order valence-corrected chi connectivity index (χ4v) is 2.94. The van der Waals surface area contributed by atoms with Gasteiger partial charge in [0, 0.05) is 0 Å². The molecule has 0 aliphatic rings. The Morgan fingerprint density at radius 2 is 1.24 bits per heavy atom. The van der Waals surface area contributed by atoms with Gasteiger partial charge in [-0.25, -0.2) is 0 Å². The van der Waals surface area contributed by atoms with E-state index in [0.717, 1.165) is 12.0 Å².